The molecule has 1 aliphatic rings. The van der Waals surface area contributed by atoms with Gasteiger partial charge in [0.15, 0.2) is 0 Å². The van der Waals surface area contributed by atoms with Crippen LogP contribution in [-0.4, -0.2) is 50.1 Å². The molecule has 16 heavy (non-hydrogen) atoms. The molecule has 0 aliphatic carbocycles. The van der Waals surface area contributed by atoms with Gasteiger partial charge in [0.25, 0.3) is 0 Å². The van der Waals surface area contributed by atoms with Crippen molar-refractivity contribution in [2.75, 3.05) is 0 Å². The summed E-state index contributed by atoms with van der Waals surface area (Å²) in [5.41, 5.74) is 0.908. The maximum absolute atomic E-state index is 11.1. The molecule has 0 saturated carbocycles. The number of carbonyl (C=O) groups is 1. The van der Waals surface area contributed by atoms with E-state index in [2.05, 4.69) is 9.98 Å². The summed E-state index contributed by atoms with van der Waals surface area (Å²) in [7, 11) is 0. The topological polar surface area (TPSA) is 62.5 Å². The van der Waals surface area contributed by atoms with Crippen LogP contribution in [0.2, 0.25) is 5.32 Å². The first-order valence-corrected chi connectivity index (χ1v) is 8.35. The van der Waals surface area contributed by atoms with Crippen LogP contribution in [0.4, 0.5) is 0 Å². The van der Waals surface area contributed by atoms with Gasteiger partial charge in [-0.25, -0.2) is 0 Å². The third-order valence-corrected chi connectivity index (χ3v) is 6.91. The van der Waals surface area contributed by atoms with Gasteiger partial charge in [0.1, 0.15) is 0 Å². The number of carbonyl (C=O) groups excluding carboxylic acids is 1. The number of fused-ring (bicyclic) bond motifs is 1. The molecule has 80 valence electrons. The normalized spacial score (nSPS) is 15.8. The van der Waals surface area contributed by atoms with Gasteiger partial charge < -0.3 is 0 Å². The van der Waals surface area contributed by atoms with E-state index >= 15 is 0 Å². The van der Waals surface area contributed by atoms with Gasteiger partial charge in [-0.3, -0.25) is 0 Å². The molecule has 0 saturated heterocycles. The molecule has 1 amide bonds. The first kappa shape index (κ1) is 10.2. The summed E-state index contributed by atoms with van der Waals surface area (Å²) in [5, 5.41) is 9.94. The van der Waals surface area contributed by atoms with Gasteiger partial charge in [-0.05, 0) is 0 Å². The van der Waals surface area contributed by atoms with Crippen LogP contribution < -0.4 is 0 Å². The minimum atomic E-state index is -0.0210. The van der Waals surface area contributed by atoms with Gasteiger partial charge >= 0.3 is 103 Å². The molecule has 4 nitrogen and oxygen atoms in total. The Balaban J connectivity index is 2.12. The van der Waals surface area contributed by atoms with Gasteiger partial charge in [-0.1, -0.05) is 0 Å². The fraction of sp³-hybridized carbons (Fsp3) is 0.100. The zero-order valence-electron chi connectivity index (χ0n) is 8.01. The van der Waals surface area contributed by atoms with Crippen molar-refractivity contribution in [1.29, 1.82) is 0 Å². The average Bonchev–Trinajstić information content (AvgIpc) is 2.83. The summed E-state index contributed by atoms with van der Waals surface area (Å²) >= 11 is 0.237. The molecule has 1 aromatic carbocycles. The van der Waals surface area contributed by atoms with Gasteiger partial charge in [0.05, 0.1) is 0 Å². The Kier molecular flexibility index (Phi) is 2.45. The minimum absolute atomic E-state index is 0.0210. The van der Waals surface area contributed by atoms with Crippen molar-refractivity contribution in [1.82, 2.24) is 4.98 Å². The SMILES string of the molecule is O=C1C[Se]C(c2nc3ccc(O)cc3[se]2)=N1. The number of phenols is 1. The van der Waals surface area contributed by atoms with Crippen molar-refractivity contribution in [3.05, 3.63) is 22.8 Å². The Labute approximate surface area is 103 Å². The van der Waals surface area contributed by atoms with Gasteiger partial charge in [0.2, 0.25) is 0 Å². The number of benzene rings is 1. The number of rotatable bonds is 1. The van der Waals surface area contributed by atoms with Crippen LogP contribution in [0.15, 0.2) is 23.2 Å². The van der Waals surface area contributed by atoms with Crippen LogP contribution in [0, 0.1) is 0 Å². The Morgan fingerprint density at radius 3 is 3.00 bits per heavy atom. The van der Waals surface area contributed by atoms with Gasteiger partial charge in [-0.15, -0.1) is 0 Å². The molecule has 0 bridgehead atoms. The van der Waals surface area contributed by atoms with E-state index < -0.39 is 0 Å². The molecule has 0 atom stereocenters. The molecular weight excluding hydrogens is 338 g/mol. The molecule has 1 aliphatic heterocycles. The monoisotopic (exact) mass is 346 g/mol. The Hall–Kier alpha value is -0.931. The number of hydrogen-bond donors (Lipinski definition) is 1. The number of nitrogens with zero attached hydrogens (tertiary/aromatic N) is 2. The summed E-state index contributed by atoms with van der Waals surface area (Å²) in [6.07, 6.45) is 0. The van der Waals surface area contributed by atoms with Crippen LogP contribution in [-0.2, 0) is 4.79 Å². The molecule has 0 radical (unpaired) electrons. The van der Waals surface area contributed by atoms with Crippen LogP contribution in [0.5, 0.6) is 5.75 Å². The van der Waals surface area contributed by atoms with Crippen LogP contribution in [0.25, 0.3) is 9.78 Å². The zero-order chi connectivity index (χ0) is 11.1. The molecule has 0 spiro atoms. The molecule has 2 aromatic rings. The van der Waals surface area contributed by atoms with Crippen molar-refractivity contribution in [3.8, 4) is 5.75 Å². The molecule has 1 N–H and O–H groups in total. The molecular formula is C10H6N2O2Se2. The Morgan fingerprint density at radius 1 is 1.38 bits per heavy atom. The Bertz CT molecular complexity index is 618. The molecule has 3 rings (SSSR count). The third-order valence-electron chi connectivity index (χ3n) is 2.11. The number of aromatic hydroxyl groups is 1. The van der Waals surface area contributed by atoms with E-state index in [9.17, 15) is 9.90 Å². The molecule has 0 fully saturated rings. The fourth-order valence-corrected chi connectivity index (χ4v) is 5.76. The predicted octanol–water partition coefficient (Wildman–Crippen LogP) is 0.407. The summed E-state index contributed by atoms with van der Waals surface area (Å²) in [6.45, 7) is 0. The average molecular weight is 344 g/mol. The van der Waals surface area contributed by atoms with Crippen molar-refractivity contribution in [2.45, 2.75) is 5.32 Å². The Morgan fingerprint density at radius 2 is 2.25 bits per heavy atom. The summed E-state index contributed by atoms with van der Waals surface area (Å²) < 4.78 is 2.92. The van der Waals surface area contributed by atoms with Gasteiger partial charge in [0, 0.05) is 0 Å². The van der Waals surface area contributed by atoms with Crippen molar-refractivity contribution >= 4 is 49.8 Å². The number of aliphatic imine (C=N–C) groups is 1. The zero-order valence-corrected chi connectivity index (χ0v) is 11.4. The predicted molar refractivity (Wildman–Crippen MR) is 62.5 cm³/mol. The molecule has 6 heteroatoms. The van der Waals surface area contributed by atoms with Crippen molar-refractivity contribution in [2.24, 2.45) is 4.99 Å². The third kappa shape index (κ3) is 1.74. The van der Waals surface area contributed by atoms with E-state index in [1.165, 1.54) is 0 Å². The number of phenolic OH excluding ortho intramolecular Hbond substituents is 1. The number of hydrogen-bond acceptors (Lipinski definition) is 3. The second kappa shape index (κ2) is 3.82. The van der Waals surface area contributed by atoms with E-state index in [0.717, 1.165) is 19.0 Å². The molecule has 2 heterocycles. The standard InChI is InChI=1S/C10H6N2O2Se2/c13-5-1-2-6-7(3-5)16-10(11-6)9-12-8(14)4-15-9/h1-3,13H,4H2. The van der Waals surface area contributed by atoms with Crippen LogP contribution in [0.3, 0.4) is 0 Å². The van der Waals surface area contributed by atoms with E-state index in [4.69, 9.17) is 0 Å². The number of amides is 1. The van der Waals surface area contributed by atoms with E-state index in [-0.39, 0.29) is 41.1 Å². The van der Waals surface area contributed by atoms with E-state index in [1.807, 2.05) is 6.07 Å². The second-order valence-corrected chi connectivity index (χ2v) is 7.46. The number of aromatic nitrogens is 1. The van der Waals surface area contributed by atoms with Crippen molar-refractivity contribution in [3.63, 3.8) is 0 Å². The summed E-state index contributed by atoms with van der Waals surface area (Å²) in [4.78, 5) is 19.6. The van der Waals surface area contributed by atoms with Gasteiger partial charge in [-0.2, -0.15) is 0 Å². The molecule has 1 aromatic heterocycles. The molecule has 0 unspecified atom stereocenters. The van der Waals surface area contributed by atoms with E-state index in [0.29, 0.717) is 5.32 Å². The van der Waals surface area contributed by atoms with Crippen LogP contribution in [0.1, 0.15) is 4.57 Å². The quantitative estimate of drug-likeness (QED) is 0.763. The fourth-order valence-electron chi connectivity index (χ4n) is 1.42. The first-order valence-electron chi connectivity index (χ1n) is 4.56. The van der Waals surface area contributed by atoms with Crippen LogP contribution >= 0.6 is 0 Å². The summed E-state index contributed by atoms with van der Waals surface area (Å²) in [6, 6.07) is 5.19. The first-order chi connectivity index (χ1) is 7.72. The van der Waals surface area contributed by atoms with E-state index in [1.54, 1.807) is 12.1 Å². The second-order valence-electron chi connectivity index (χ2n) is 3.27. The maximum atomic E-state index is 11.1. The summed E-state index contributed by atoms with van der Waals surface area (Å²) in [5.74, 6) is 0.249. The van der Waals surface area contributed by atoms with Crippen molar-refractivity contribution < 1.29 is 9.90 Å².